The highest BCUT2D eigenvalue weighted by Crippen LogP contribution is 2.32. The Morgan fingerprint density at radius 3 is 2.06 bits per heavy atom. The molecule has 0 radical (unpaired) electrons. The third-order valence-electron chi connectivity index (χ3n) is 4.99. The van der Waals surface area contributed by atoms with Crippen molar-refractivity contribution in [1.82, 2.24) is 5.32 Å². The van der Waals surface area contributed by atoms with Crippen LogP contribution in [0.1, 0.15) is 94.0 Å². The predicted octanol–water partition coefficient (Wildman–Crippen LogP) is 6.43. The van der Waals surface area contributed by atoms with E-state index >= 15 is 0 Å². The van der Waals surface area contributed by atoms with Gasteiger partial charge in [-0.15, -0.1) is 0 Å². The molecule has 0 saturated carbocycles. The summed E-state index contributed by atoms with van der Waals surface area (Å²) in [6, 6.07) is 1.32. The number of nitrogens with one attached hydrogen (secondary N) is 1. The molecule has 0 aliphatic carbocycles. The Hall–Kier alpha value is -2.12. The zero-order valence-corrected chi connectivity index (χ0v) is 18.3. The van der Waals surface area contributed by atoms with Gasteiger partial charge in [-0.25, -0.2) is 9.18 Å². The van der Waals surface area contributed by atoms with Crippen LogP contribution in [0.25, 0.3) is 0 Å². The van der Waals surface area contributed by atoms with Crippen molar-refractivity contribution < 1.29 is 31.9 Å². The SMILES string of the molecule is CCCCCCCCCCCCOC(=O)C(C)NC(=O)c1cccc(C(F)(F)F)c1F. The van der Waals surface area contributed by atoms with Crippen molar-refractivity contribution in [2.75, 3.05) is 6.61 Å². The summed E-state index contributed by atoms with van der Waals surface area (Å²) in [5.41, 5.74) is -2.31. The van der Waals surface area contributed by atoms with E-state index in [0.717, 1.165) is 31.4 Å². The molecule has 0 fully saturated rings. The van der Waals surface area contributed by atoms with Crippen molar-refractivity contribution in [3.63, 3.8) is 0 Å². The summed E-state index contributed by atoms with van der Waals surface area (Å²) in [5.74, 6) is -3.48. The lowest BCUT2D eigenvalue weighted by Crippen LogP contribution is -2.40. The number of ether oxygens (including phenoxy) is 1. The van der Waals surface area contributed by atoms with E-state index in [1.54, 1.807) is 0 Å². The lowest BCUT2D eigenvalue weighted by atomic mass is 10.1. The van der Waals surface area contributed by atoms with E-state index in [4.69, 9.17) is 4.74 Å². The van der Waals surface area contributed by atoms with Crippen LogP contribution in [0.4, 0.5) is 17.6 Å². The van der Waals surface area contributed by atoms with Crippen LogP contribution >= 0.6 is 0 Å². The first kappa shape index (κ1) is 26.9. The second-order valence-corrected chi connectivity index (χ2v) is 7.71. The number of carbonyl (C=O) groups is 2. The summed E-state index contributed by atoms with van der Waals surface area (Å²) in [6.45, 7) is 3.73. The molecule has 0 aliphatic heterocycles. The summed E-state index contributed by atoms with van der Waals surface area (Å²) < 4.78 is 57.4. The first-order valence-electron chi connectivity index (χ1n) is 11.0. The molecule has 1 rings (SSSR count). The highest BCUT2D eigenvalue weighted by molar-refractivity contribution is 5.97. The van der Waals surface area contributed by atoms with Crippen LogP contribution in [-0.4, -0.2) is 24.5 Å². The van der Waals surface area contributed by atoms with Gasteiger partial charge in [0.1, 0.15) is 11.9 Å². The summed E-state index contributed by atoms with van der Waals surface area (Å²) in [4.78, 5) is 24.1. The Bertz CT molecular complexity index is 692. The Morgan fingerprint density at radius 2 is 1.52 bits per heavy atom. The highest BCUT2D eigenvalue weighted by Gasteiger charge is 2.36. The zero-order chi connectivity index (χ0) is 23.3. The average Bonchev–Trinajstić information content (AvgIpc) is 2.70. The number of alkyl halides is 3. The van der Waals surface area contributed by atoms with Gasteiger partial charge in [0, 0.05) is 0 Å². The van der Waals surface area contributed by atoms with Crippen LogP contribution in [0.2, 0.25) is 0 Å². The van der Waals surface area contributed by atoms with Gasteiger partial charge in [-0.2, -0.15) is 13.2 Å². The first-order valence-corrected chi connectivity index (χ1v) is 11.0. The van der Waals surface area contributed by atoms with Gasteiger partial charge in [0.2, 0.25) is 0 Å². The first-order chi connectivity index (χ1) is 14.7. The van der Waals surface area contributed by atoms with Gasteiger partial charge in [-0.3, -0.25) is 4.79 Å². The number of hydrogen-bond donors (Lipinski definition) is 1. The van der Waals surface area contributed by atoms with Crippen molar-refractivity contribution in [2.45, 2.75) is 90.3 Å². The molecule has 8 heteroatoms. The quantitative estimate of drug-likeness (QED) is 0.203. The van der Waals surface area contributed by atoms with Crippen LogP contribution in [0.3, 0.4) is 0 Å². The maximum atomic E-state index is 14.0. The van der Waals surface area contributed by atoms with Gasteiger partial charge in [0.15, 0.2) is 0 Å². The molecule has 1 aromatic carbocycles. The van der Waals surface area contributed by atoms with Crippen molar-refractivity contribution in [3.05, 3.63) is 35.1 Å². The fourth-order valence-corrected chi connectivity index (χ4v) is 3.15. The number of esters is 1. The number of rotatable bonds is 14. The molecule has 0 saturated heterocycles. The average molecular weight is 448 g/mol. The number of amides is 1. The van der Waals surface area contributed by atoms with E-state index in [-0.39, 0.29) is 6.61 Å². The fourth-order valence-electron chi connectivity index (χ4n) is 3.15. The van der Waals surface area contributed by atoms with E-state index < -0.39 is 41.0 Å². The molecule has 1 amide bonds. The van der Waals surface area contributed by atoms with E-state index in [2.05, 4.69) is 12.2 Å². The summed E-state index contributed by atoms with van der Waals surface area (Å²) in [7, 11) is 0. The minimum atomic E-state index is -4.92. The van der Waals surface area contributed by atoms with Gasteiger partial charge >= 0.3 is 12.1 Å². The van der Waals surface area contributed by atoms with Crippen LogP contribution in [0.15, 0.2) is 18.2 Å². The van der Waals surface area contributed by atoms with Crippen LogP contribution in [-0.2, 0) is 15.7 Å². The van der Waals surface area contributed by atoms with E-state index in [0.29, 0.717) is 12.5 Å². The maximum absolute atomic E-state index is 14.0. The number of unbranched alkanes of at least 4 members (excludes halogenated alkanes) is 9. The molecule has 1 unspecified atom stereocenters. The van der Waals surface area contributed by atoms with E-state index in [9.17, 15) is 27.2 Å². The van der Waals surface area contributed by atoms with E-state index in [1.165, 1.54) is 45.4 Å². The van der Waals surface area contributed by atoms with Crippen molar-refractivity contribution in [1.29, 1.82) is 0 Å². The smallest absolute Gasteiger partial charge is 0.419 e. The second-order valence-electron chi connectivity index (χ2n) is 7.71. The van der Waals surface area contributed by atoms with Crippen molar-refractivity contribution in [2.24, 2.45) is 0 Å². The maximum Gasteiger partial charge on any atom is 0.419 e. The minimum Gasteiger partial charge on any atom is -0.464 e. The van der Waals surface area contributed by atoms with Gasteiger partial charge < -0.3 is 10.1 Å². The molecule has 0 aromatic heterocycles. The number of benzene rings is 1. The fraction of sp³-hybridized carbons (Fsp3) is 0.652. The lowest BCUT2D eigenvalue weighted by molar-refractivity contribution is -0.145. The molecular formula is C23H33F4NO3. The van der Waals surface area contributed by atoms with Crippen molar-refractivity contribution >= 4 is 11.9 Å². The Labute approximate surface area is 181 Å². The summed E-state index contributed by atoms with van der Waals surface area (Å²) in [5, 5.41) is 2.18. The molecular weight excluding hydrogens is 414 g/mol. The topological polar surface area (TPSA) is 55.4 Å². The highest BCUT2D eigenvalue weighted by atomic mass is 19.4. The molecule has 4 nitrogen and oxygen atoms in total. The third-order valence-corrected chi connectivity index (χ3v) is 4.99. The van der Waals surface area contributed by atoms with E-state index in [1.807, 2.05) is 0 Å². The monoisotopic (exact) mass is 447 g/mol. The van der Waals surface area contributed by atoms with Gasteiger partial charge in [-0.1, -0.05) is 70.8 Å². The molecule has 0 aliphatic rings. The van der Waals surface area contributed by atoms with Gasteiger partial charge in [0.25, 0.3) is 5.91 Å². The third kappa shape index (κ3) is 10.2. The molecule has 0 heterocycles. The summed E-state index contributed by atoms with van der Waals surface area (Å²) in [6.07, 6.45) is 6.48. The molecule has 0 bridgehead atoms. The van der Waals surface area contributed by atoms with Crippen LogP contribution in [0, 0.1) is 5.82 Å². The molecule has 0 spiro atoms. The molecule has 1 atom stereocenters. The van der Waals surface area contributed by atoms with Crippen LogP contribution < -0.4 is 5.32 Å². The van der Waals surface area contributed by atoms with Gasteiger partial charge in [-0.05, 0) is 25.5 Å². The number of carbonyl (C=O) groups excluding carboxylic acids is 2. The standard InChI is InChI=1S/C23H33F4NO3/c1-3-4-5-6-7-8-9-10-11-12-16-31-22(30)17(2)28-21(29)18-14-13-15-19(20(18)24)23(25,26)27/h13-15,17H,3-12,16H2,1-2H3,(H,28,29). The molecule has 1 aromatic rings. The number of hydrogen-bond acceptors (Lipinski definition) is 3. The second kappa shape index (κ2) is 14.0. The molecule has 1 N–H and O–H groups in total. The molecule has 176 valence electrons. The Kier molecular flexibility index (Phi) is 12.2. The van der Waals surface area contributed by atoms with Crippen molar-refractivity contribution in [3.8, 4) is 0 Å². The van der Waals surface area contributed by atoms with Gasteiger partial charge in [0.05, 0.1) is 17.7 Å². The number of halogens is 4. The molecule has 31 heavy (non-hydrogen) atoms. The van der Waals surface area contributed by atoms with Crippen LogP contribution in [0.5, 0.6) is 0 Å². The minimum absolute atomic E-state index is 0.202. The Balaban J connectivity index is 2.29. The summed E-state index contributed by atoms with van der Waals surface area (Å²) >= 11 is 0. The normalized spacial score (nSPS) is 12.5. The largest absolute Gasteiger partial charge is 0.464 e. The zero-order valence-electron chi connectivity index (χ0n) is 18.3. The Morgan fingerprint density at radius 1 is 0.968 bits per heavy atom. The predicted molar refractivity (Wildman–Crippen MR) is 111 cm³/mol. The lowest BCUT2D eigenvalue weighted by Gasteiger charge is -2.15.